The number of hydrogen-bond acceptors (Lipinski definition) is 3. The molecule has 4 nitrogen and oxygen atoms in total. The molecular weight excluding hydrogens is 309 g/mol. The summed E-state index contributed by atoms with van der Waals surface area (Å²) in [5.41, 5.74) is 1.16. The average molecular weight is 320 g/mol. The molecule has 2 aromatic rings. The Labute approximate surface area is 131 Å². The van der Waals surface area contributed by atoms with Crippen LogP contribution < -0.4 is 9.64 Å². The van der Waals surface area contributed by atoms with Crippen LogP contribution in [0.2, 0.25) is 5.02 Å². The van der Waals surface area contributed by atoms with E-state index in [9.17, 15) is 14.3 Å². The van der Waals surface area contributed by atoms with Crippen LogP contribution in [0, 0.1) is 5.82 Å². The molecule has 1 N–H and O–H groups in total. The van der Waals surface area contributed by atoms with Gasteiger partial charge in [0.25, 0.3) is 5.91 Å². The van der Waals surface area contributed by atoms with E-state index in [4.69, 9.17) is 16.3 Å². The van der Waals surface area contributed by atoms with Gasteiger partial charge >= 0.3 is 0 Å². The average Bonchev–Trinajstić information content (AvgIpc) is 2.74. The van der Waals surface area contributed by atoms with Crippen molar-refractivity contribution < 1.29 is 19.0 Å². The van der Waals surface area contributed by atoms with E-state index in [0.717, 1.165) is 17.0 Å². The molecule has 0 spiro atoms. The first kappa shape index (κ1) is 14.4. The Hall–Kier alpha value is -2.53. The molecule has 0 aromatic heterocycles. The highest BCUT2D eigenvalue weighted by Gasteiger charge is 2.34. The van der Waals surface area contributed by atoms with Gasteiger partial charge in [-0.2, -0.15) is 0 Å². The number of methoxy groups -OCH3 is 1. The summed E-state index contributed by atoms with van der Waals surface area (Å²) in [6.45, 7) is 3.84. The third-order valence-corrected chi connectivity index (χ3v) is 3.80. The molecule has 0 atom stereocenters. The van der Waals surface area contributed by atoms with Gasteiger partial charge in [0.05, 0.1) is 29.1 Å². The predicted molar refractivity (Wildman–Crippen MR) is 81.9 cm³/mol. The van der Waals surface area contributed by atoms with E-state index in [2.05, 4.69) is 6.58 Å². The van der Waals surface area contributed by atoms with Gasteiger partial charge in [0.2, 0.25) is 0 Å². The van der Waals surface area contributed by atoms with Gasteiger partial charge in [-0.05, 0) is 24.3 Å². The minimum atomic E-state index is -0.725. The molecule has 112 valence electrons. The highest BCUT2D eigenvalue weighted by molar-refractivity contribution is 6.32. The van der Waals surface area contributed by atoms with E-state index in [1.165, 1.54) is 7.11 Å². The van der Waals surface area contributed by atoms with Crippen LogP contribution in [-0.4, -0.2) is 18.1 Å². The Kier molecular flexibility index (Phi) is 3.30. The Morgan fingerprint density at radius 3 is 2.68 bits per heavy atom. The lowest BCUT2D eigenvalue weighted by Gasteiger charge is -2.18. The van der Waals surface area contributed by atoms with E-state index >= 15 is 0 Å². The maximum absolute atomic E-state index is 14.1. The first-order valence-corrected chi connectivity index (χ1v) is 6.71. The van der Waals surface area contributed by atoms with Gasteiger partial charge in [-0.15, -0.1) is 0 Å². The topological polar surface area (TPSA) is 49.8 Å². The van der Waals surface area contributed by atoms with Crippen LogP contribution in [0.4, 0.5) is 10.1 Å². The summed E-state index contributed by atoms with van der Waals surface area (Å²) in [5.74, 6) is -0.968. The zero-order valence-electron chi connectivity index (χ0n) is 11.6. The minimum absolute atomic E-state index is 0.105. The fourth-order valence-electron chi connectivity index (χ4n) is 2.40. The van der Waals surface area contributed by atoms with E-state index in [1.807, 2.05) is 0 Å². The molecular formula is C16H11ClFNO3. The predicted octanol–water partition coefficient (Wildman–Crippen LogP) is 3.82. The Morgan fingerprint density at radius 1 is 1.27 bits per heavy atom. The van der Waals surface area contributed by atoms with Crippen LogP contribution in [0.1, 0.15) is 15.9 Å². The molecule has 1 amide bonds. The summed E-state index contributed by atoms with van der Waals surface area (Å²) in [6.07, 6.45) is 0. The number of nitrogens with zero attached hydrogens (tertiary/aromatic N) is 1. The standard InChI is InChI=1S/C16H11ClFNO3/c1-8-10-4-3-9(22-2)5-11(10)16(21)19(8)14-7-15(20)12(17)6-13(14)18/h3-7,20H,1H2,2H3. The molecule has 0 bridgehead atoms. The summed E-state index contributed by atoms with van der Waals surface area (Å²) in [7, 11) is 1.49. The third kappa shape index (κ3) is 2.02. The van der Waals surface area contributed by atoms with Crippen molar-refractivity contribution in [3.05, 3.63) is 58.9 Å². The number of benzene rings is 2. The number of amides is 1. The molecule has 0 saturated heterocycles. The van der Waals surface area contributed by atoms with Crippen molar-refractivity contribution in [3.8, 4) is 11.5 Å². The van der Waals surface area contributed by atoms with Crippen molar-refractivity contribution in [3.63, 3.8) is 0 Å². The Balaban J connectivity index is 2.13. The van der Waals surface area contributed by atoms with Crippen LogP contribution in [0.3, 0.4) is 0 Å². The maximum atomic E-state index is 14.1. The van der Waals surface area contributed by atoms with E-state index in [1.54, 1.807) is 18.2 Å². The summed E-state index contributed by atoms with van der Waals surface area (Å²) in [6, 6.07) is 7.00. The fraction of sp³-hybridized carbons (Fsp3) is 0.0625. The van der Waals surface area contributed by atoms with E-state index in [-0.39, 0.29) is 16.5 Å². The highest BCUT2D eigenvalue weighted by atomic mass is 35.5. The van der Waals surface area contributed by atoms with Crippen LogP contribution in [0.25, 0.3) is 5.70 Å². The van der Waals surface area contributed by atoms with Gasteiger partial charge in [0, 0.05) is 11.6 Å². The van der Waals surface area contributed by atoms with Crippen molar-refractivity contribution >= 4 is 28.9 Å². The number of fused-ring (bicyclic) bond motifs is 1. The maximum Gasteiger partial charge on any atom is 0.263 e. The molecule has 22 heavy (non-hydrogen) atoms. The van der Waals surface area contributed by atoms with Crippen molar-refractivity contribution in [2.75, 3.05) is 12.0 Å². The van der Waals surface area contributed by atoms with Crippen LogP contribution in [0.5, 0.6) is 11.5 Å². The number of carbonyl (C=O) groups excluding carboxylic acids is 1. The van der Waals surface area contributed by atoms with Gasteiger partial charge in [-0.25, -0.2) is 4.39 Å². The zero-order valence-corrected chi connectivity index (χ0v) is 12.3. The number of hydrogen-bond donors (Lipinski definition) is 1. The lowest BCUT2D eigenvalue weighted by atomic mass is 10.1. The van der Waals surface area contributed by atoms with Gasteiger partial charge < -0.3 is 9.84 Å². The number of phenols is 1. The SMILES string of the molecule is C=C1c2ccc(OC)cc2C(=O)N1c1cc(O)c(Cl)cc1F. The zero-order chi connectivity index (χ0) is 16.0. The molecule has 0 saturated carbocycles. The van der Waals surface area contributed by atoms with Crippen LogP contribution >= 0.6 is 11.6 Å². The van der Waals surface area contributed by atoms with Gasteiger partial charge in [-0.3, -0.25) is 9.69 Å². The third-order valence-electron chi connectivity index (χ3n) is 3.50. The lowest BCUT2D eigenvalue weighted by molar-refractivity contribution is 0.100. The summed E-state index contributed by atoms with van der Waals surface area (Å²) in [4.78, 5) is 13.7. The van der Waals surface area contributed by atoms with Crippen LogP contribution in [-0.2, 0) is 0 Å². The Bertz CT molecular complexity index is 819. The van der Waals surface area contributed by atoms with Gasteiger partial charge in [0.1, 0.15) is 17.3 Å². The molecule has 0 radical (unpaired) electrons. The largest absolute Gasteiger partial charge is 0.506 e. The first-order chi connectivity index (χ1) is 10.4. The van der Waals surface area contributed by atoms with Crippen molar-refractivity contribution in [1.82, 2.24) is 0 Å². The number of rotatable bonds is 2. The summed E-state index contributed by atoms with van der Waals surface area (Å²) >= 11 is 5.66. The van der Waals surface area contributed by atoms with Crippen molar-refractivity contribution in [2.45, 2.75) is 0 Å². The van der Waals surface area contributed by atoms with Crippen LogP contribution in [0.15, 0.2) is 36.9 Å². The Morgan fingerprint density at radius 2 is 2.00 bits per heavy atom. The quantitative estimate of drug-likeness (QED) is 0.915. The minimum Gasteiger partial charge on any atom is -0.506 e. The van der Waals surface area contributed by atoms with Crippen molar-refractivity contribution in [2.24, 2.45) is 0 Å². The number of carbonyl (C=O) groups is 1. The van der Waals surface area contributed by atoms with Gasteiger partial charge in [-0.1, -0.05) is 18.2 Å². The molecule has 0 aliphatic carbocycles. The number of ether oxygens (including phenoxy) is 1. The fourth-order valence-corrected chi connectivity index (χ4v) is 2.55. The lowest BCUT2D eigenvalue weighted by Crippen LogP contribution is -2.23. The van der Waals surface area contributed by atoms with Crippen molar-refractivity contribution in [1.29, 1.82) is 0 Å². The molecule has 2 aromatic carbocycles. The van der Waals surface area contributed by atoms with E-state index < -0.39 is 11.7 Å². The second-order valence-electron chi connectivity index (χ2n) is 4.75. The monoisotopic (exact) mass is 319 g/mol. The highest BCUT2D eigenvalue weighted by Crippen LogP contribution is 2.40. The molecule has 1 aliphatic heterocycles. The molecule has 3 rings (SSSR count). The second kappa shape index (κ2) is 5.03. The molecule has 1 heterocycles. The second-order valence-corrected chi connectivity index (χ2v) is 5.16. The number of aromatic hydroxyl groups is 1. The number of anilines is 1. The summed E-state index contributed by atoms with van der Waals surface area (Å²) < 4.78 is 19.2. The van der Waals surface area contributed by atoms with E-state index in [0.29, 0.717) is 22.6 Å². The normalized spacial score (nSPS) is 13.5. The number of halogens is 2. The first-order valence-electron chi connectivity index (χ1n) is 6.34. The molecule has 0 unspecified atom stereocenters. The summed E-state index contributed by atoms with van der Waals surface area (Å²) in [5, 5.41) is 9.54. The molecule has 1 aliphatic rings. The van der Waals surface area contributed by atoms with Gasteiger partial charge in [0.15, 0.2) is 0 Å². The molecule has 6 heteroatoms. The smallest absolute Gasteiger partial charge is 0.263 e. The molecule has 0 fully saturated rings. The number of phenolic OH excluding ortho intramolecular Hbond substituents is 1.